The fourth-order valence-electron chi connectivity index (χ4n) is 6.46. The van der Waals surface area contributed by atoms with Gasteiger partial charge in [-0.05, 0) is 76.5 Å². The Morgan fingerprint density at radius 2 is 1.14 bits per heavy atom. The summed E-state index contributed by atoms with van der Waals surface area (Å²) >= 11 is 0. The van der Waals surface area contributed by atoms with Crippen LogP contribution in [0.3, 0.4) is 0 Å². The summed E-state index contributed by atoms with van der Waals surface area (Å²) in [5.41, 5.74) is 9.01. The largest absolute Gasteiger partial charge is 0.456 e. The van der Waals surface area contributed by atoms with Gasteiger partial charge in [0.25, 0.3) is 0 Å². The van der Waals surface area contributed by atoms with Gasteiger partial charge in [0.05, 0.1) is 5.69 Å². The molecule has 0 aliphatic rings. The average molecular weight is 552 g/mol. The highest BCUT2D eigenvalue weighted by Crippen LogP contribution is 2.45. The van der Waals surface area contributed by atoms with Gasteiger partial charge in [0.1, 0.15) is 16.7 Å². The van der Waals surface area contributed by atoms with Gasteiger partial charge in [-0.1, -0.05) is 97.1 Å². The molecule has 0 bridgehead atoms. The van der Waals surface area contributed by atoms with Gasteiger partial charge in [-0.3, -0.25) is 0 Å². The maximum absolute atomic E-state index is 6.71. The molecule has 2 heterocycles. The monoisotopic (exact) mass is 551 g/mol. The number of rotatable bonds is 4. The van der Waals surface area contributed by atoms with E-state index in [-0.39, 0.29) is 0 Å². The van der Waals surface area contributed by atoms with Crippen molar-refractivity contribution in [2.75, 3.05) is 4.90 Å². The summed E-state index contributed by atoms with van der Waals surface area (Å²) in [6.45, 7) is 0. The van der Waals surface area contributed by atoms with Gasteiger partial charge in [-0.15, -0.1) is 0 Å². The first-order valence-corrected chi connectivity index (χ1v) is 14.5. The Morgan fingerprint density at radius 1 is 0.395 bits per heavy atom. The van der Waals surface area contributed by atoms with Crippen LogP contribution in [0.5, 0.6) is 0 Å². The molecule has 202 valence electrons. The molecule has 0 saturated carbocycles. The number of hydrogen-bond acceptors (Lipinski definition) is 3. The second-order valence-corrected chi connectivity index (χ2v) is 10.9. The molecule has 0 saturated heterocycles. The van der Waals surface area contributed by atoms with Crippen LogP contribution >= 0.6 is 0 Å². The molecular weight excluding hydrogens is 526 g/mol. The number of benzene rings is 7. The van der Waals surface area contributed by atoms with E-state index in [1.54, 1.807) is 0 Å². The minimum Gasteiger partial charge on any atom is -0.456 e. The van der Waals surface area contributed by atoms with Crippen LogP contribution < -0.4 is 4.90 Å². The van der Waals surface area contributed by atoms with Crippen molar-refractivity contribution < 1.29 is 8.83 Å². The van der Waals surface area contributed by atoms with Gasteiger partial charge in [0.2, 0.25) is 0 Å². The summed E-state index contributed by atoms with van der Waals surface area (Å²) in [6.07, 6.45) is 0. The first-order valence-electron chi connectivity index (χ1n) is 14.5. The lowest BCUT2D eigenvalue weighted by molar-refractivity contribution is 0.669. The Kier molecular flexibility index (Phi) is 5.20. The van der Waals surface area contributed by atoms with E-state index in [1.807, 2.05) is 18.2 Å². The molecule has 3 nitrogen and oxygen atoms in total. The highest BCUT2D eigenvalue weighted by atomic mass is 16.3. The molecule has 9 aromatic rings. The van der Waals surface area contributed by atoms with Crippen molar-refractivity contribution in [2.24, 2.45) is 0 Å². The molecule has 0 aliphatic heterocycles. The minimum atomic E-state index is 0.859. The summed E-state index contributed by atoms with van der Waals surface area (Å²) in [5, 5.41) is 6.81. The molecule has 43 heavy (non-hydrogen) atoms. The van der Waals surface area contributed by atoms with Crippen LogP contribution in [0, 0.1) is 0 Å². The number of fused-ring (bicyclic) bond motifs is 8. The molecule has 0 spiro atoms. The van der Waals surface area contributed by atoms with Crippen molar-refractivity contribution in [3.05, 3.63) is 152 Å². The highest BCUT2D eigenvalue weighted by Gasteiger charge is 2.21. The Bertz CT molecular complexity index is 2450. The first kappa shape index (κ1) is 23.9. The molecule has 0 radical (unpaired) electrons. The lowest BCUT2D eigenvalue weighted by atomic mass is 9.98. The van der Waals surface area contributed by atoms with E-state index in [0.29, 0.717) is 0 Å². The molecule has 0 atom stereocenters. The quantitative estimate of drug-likeness (QED) is 0.218. The smallest absolute Gasteiger partial charge is 0.159 e. The Morgan fingerprint density at radius 3 is 2.02 bits per heavy atom. The van der Waals surface area contributed by atoms with Crippen LogP contribution in [0.25, 0.3) is 65.8 Å². The van der Waals surface area contributed by atoms with Gasteiger partial charge in [0, 0.05) is 32.9 Å². The molecule has 2 aromatic heterocycles. The van der Waals surface area contributed by atoms with Crippen molar-refractivity contribution in [1.82, 2.24) is 0 Å². The van der Waals surface area contributed by atoms with Gasteiger partial charge < -0.3 is 13.7 Å². The molecule has 0 unspecified atom stereocenters. The SMILES string of the molecule is c1ccc(-c2ccc3c(ccc4oc5c(N(c6ccccc6)c6ccc7oc8ccccc8c7c6)cccc5c43)c2)cc1. The second-order valence-electron chi connectivity index (χ2n) is 10.9. The maximum atomic E-state index is 6.71. The fourth-order valence-corrected chi connectivity index (χ4v) is 6.46. The topological polar surface area (TPSA) is 29.5 Å². The fraction of sp³-hybridized carbons (Fsp3) is 0. The van der Waals surface area contributed by atoms with E-state index in [2.05, 4.69) is 138 Å². The number of furan rings is 2. The predicted octanol–water partition coefficient (Wildman–Crippen LogP) is 11.8. The third-order valence-corrected chi connectivity index (χ3v) is 8.44. The summed E-state index contributed by atoms with van der Waals surface area (Å²) in [4.78, 5) is 2.28. The Hall–Kier alpha value is -5.80. The molecule has 0 aliphatic carbocycles. The summed E-state index contributed by atoms with van der Waals surface area (Å²) in [6, 6.07) is 53.0. The Balaban J connectivity index is 1.28. The summed E-state index contributed by atoms with van der Waals surface area (Å²) in [7, 11) is 0. The molecule has 0 amide bonds. The third kappa shape index (κ3) is 3.75. The maximum Gasteiger partial charge on any atom is 0.159 e. The summed E-state index contributed by atoms with van der Waals surface area (Å²) < 4.78 is 12.9. The van der Waals surface area contributed by atoms with E-state index in [4.69, 9.17) is 8.83 Å². The van der Waals surface area contributed by atoms with Crippen molar-refractivity contribution >= 4 is 71.7 Å². The van der Waals surface area contributed by atoms with Crippen LogP contribution in [0.15, 0.2) is 160 Å². The standard InChI is InChI=1S/C40H25NO2/c1-3-10-26(11-4-1)27-18-21-31-28(24-27)19-22-38-39(31)33-15-9-16-35(40(33)43-38)41(29-12-5-2-6-13-29)30-20-23-37-34(25-30)32-14-7-8-17-36(32)42-37/h1-25H. The molecular formula is C40H25NO2. The van der Waals surface area contributed by atoms with E-state index in [1.165, 1.54) is 21.9 Å². The van der Waals surface area contributed by atoms with E-state index < -0.39 is 0 Å². The van der Waals surface area contributed by atoms with Gasteiger partial charge in [0.15, 0.2) is 5.58 Å². The highest BCUT2D eigenvalue weighted by molar-refractivity contribution is 6.21. The normalized spacial score (nSPS) is 11.7. The van der Waals surface area contributed by atoms with Crippen LogP contribution in [0.1, 0.15) is 0 Å². The zero-order valence-electron chi connectivity index (χ0n) is 23.2. The van der Waals surface area contributed by atoms with Crippen LogP contribution in [0.4, 0.5) is 17.1 Å². The van der Waals surface area contributed by atoms with Crippen LogP contribution in [0.2, 0.25) is 0 Å². The molecule has 0 fully saturated rings. The number of anilines is 3. The van der Waals surface area contributed by atoms with Gasteiger partial charge >= 0.3 is 0 Å². The molecule has 0 N–H and O–H groups in total. The number of nitrogens with zero attached hydrogens (tertiary/aromatic N) is 1. The van der Waals surface area contributed by atoms with Crippen molar-refractivity contribution in [1.29, 1.82) is 0 Å². The molecule has 9 rings (SSSR count). The van der Waals surface area contributed by atoms with E-state index in [0.717, 1.165) is 60.9 Å². The minimum absolute atomic E-state index is 0.859. The number of hydrogen-bond donors (Lipinski definition) is 0. The lowest BCUT2D eigenvalue weighted by Crippen LogP contribution is -2.10. The van der Waals surface area contributed by atoms with Crippen molar-refractivity contribution in [3.63, 3.8) is 0 Å². The zero-order valence-corrected chi connectivity index (χ0v) is 23.2. The number of para-hydroxylation sites is 3. The Labute approximate surface area is 247 Å². The summed E-state index contributed by atoms with van der Waals surface area (Å²) in [5.74, 6) is 0. The van der Waals surface area contributed by atoms with E-state index in [9.17, 15) is 0 Å². The van der Waals surface area contributed by atoms with Crippen LogP contribution in [-0.2, 0) is 0 Å². The second kappa shape index (κ2) is 9.37. The predicted molar refractivity (Wildman–Crippen MR) is 179 cm³/mol. The zero-order chi connectivity index (χ0) is 28.3. The average Bonchev–Trinajstić information content (AvgIpc) is 3.64. The van der Waals surface area contributed by atoms with E-state index >= 15 is 0 Å². The van der Waals surface area contributed by atoms with Crippen LogP contribution in [-0.4, -0.2) is 0 Å². The molecule has 7 aromatic carbocycles. The molecule has 3 heteroatoms. The van der Waals surface area contributed by atoms with Crippen molar-refractivity contribution in [3.8, 4) is 11.1 Å². The lowest BCUT2D eigenvalue weighted by Gasteiger charge is -2.25. The third-order valence-electron chi connectivity index (χ3n) is 8.44. The van der Waals surface area contributed by atoms with Gasteiger partial charge in [-0.2, -0.15) is 0 Å². The van der Waals surface area contributed by atoms with Gasteiger partial charge in [-0.25, -0.2) is 0 Å². The van der Waals surface area contributed by atoms with Crippen molar-refractivity contribution in [2.45, 2.75) is 0 Å². The first-order chi connectivity index (χ1) is 21.3.